The van der Waals surface area contributed by atoms with Gasteiger partial charge in [0, 0.05) is 19.7 Å². The molecule has 0 amide bonds. The van der Waals surface area contributed by atoms with Gasteiger partial charge in [-0.3, -0.25) is 0 Å². The smallest absolute Gasteiger partial charge is 0.373 e. The maximum absolute atomic E-state index is 12.7. The third-order valence-electron chi connectivity index (χ3n) is 3.39. The van der Waals surface area contributed by atoms with Gasteiger partial charge in [-0.1, -0.05) is 0 Å². The van der Waals surface area contributed by atoms with Crippen molar-refractivity contribution in [3.8, 4) is 0 Å². The third kappa shape index (κ3) is 4.73. The number of alkyl halides is 3. The van der Waals surface area contributed by atoms with Gasteiger partial charge < -0.3 is 15.5 Å². The van der Waals surface area contributed by atoms with E-state index < -0.39 is 12.0 Å². The molecule has 1 aliphatic heterocycles. The van der Waals surface area contributed by atoms with Crippen LogP contribution in [0.4, 0.5) is 24.8 Å². The van der Waals surface area contributed by atoms with Crippen LogP contribution in [0.5, 0.6) is 0 Å². The van der Waals surface area contributed by atoms with Crippen LogP contribution in [0, 0.1) is 0 Å². The first-order valence-electron chi connectivity index (χ1n) is 7.09. The molecule has 2 N–H and O–H groups in total. The summed E-state index contributed by atoms with van der Waals surface area (Å²) in [5.41, 5.74) is 0. The lowest BCUT2D eigenvalue weighted by Crippen LogP contribution is -2.22. The summed E-state index contributed by atoms with van der Waals surface area (Å²) in [4.78, 5) is 9.30. The topological polar surface area (TPSA) is 53.1 Å². The van der Waals surface area contributed by atoms with Crippen molar-refractivity contribution in [2.45, 2.75) is 25.4 Å². The fourth-order valence-corrected chi connectivity index (χ4v) is 2.32. The van der Waals surface area contributed by atoms with Gasteiger partial charge in [0.05, 0.1) is 0 Å². The second-order valence-electron chi connectivity index (χ2n) is 5.04. The van der Waals surface area contributed by atoms with E-state index in [2.05, 4.69) is 25.5 Å². The van der Waals surface area contributed by atoms with Gasteiger partial charge in [0.15, 0.2) is 0 Å². The zero-order chi connectivity index (χ0) is 15.3. The Morgan fingerprint density at radius 1 is 1.19 bits per heavy atom. The molecule has 1 aromatic heterocycles. The molecule has 0 atom stereocenters. The van der Waals surface area contributed by atoms with Crippen molar-refractivity contribution in [1.82, 2.24) is 14.9 Å². The molecule has 1 saturated heterocycles. The second kappa shape index (κ2) is 6.93. The van der Waals surface area contributed by atoms with E-state index in [4.69, 9.17) is 0 Å². The van der Waals surface area contributed by atoms with Crippen LogP contribution in [0.3, 0.4) is 0 Å². The van der Waals surface area contributed by atoms with Crippen LogP contribution in [-0.4, -0.2) is 48.1 Å². The number of halogens is 3. The molecule has 0 radical (unpaired) electrons. The molecule has 1 fully saturated rings. The largest absolute Gasteiger partial charge is 0.451 e. The normalized spacial score (nSPS) is 16.2. The molecule has 118 valence electrons. The van der Waals surface area contributed by atoms with Gasteiger partial charge in [-0.05, 0) is 38.9 Å². The van der Waals surface area contributed by atoms with Crippen LogP contribution in [0.25, 0.3) is 0 Å². The minimum Gasteiger partial charge on any atom is -0.373 e. The Labute approximate surface area is 122 Å². The molecule has 5 nitrogen and oxygen atoms in total. The average molecular weight is 303 g/mol. The first-order valence-corrected chi connectivity index (χ1v) is 7.09. The molecule has 1 aliphatic rings. The van der Waals surface area contributed by atoms with Crippen LogP contribution in [0.2, 0.25) is 0 Å². The maximum atomic E-state index is 12.7. The van der Waals surface area contributed by atoms with E-state index in [1.54, 1.807) is 0 Å². The van der Waals surface area contributed by atoms with Gasteiger partial charge in [0.25, 0.3) is 0 Å². The summed E-state index contributed by atoms with van der Waals surface area (Å²) in [6.07, 6.45) is -1.20. The lowest BCUT2D eigenvalue weighted by molar-refractivity contribution is -0.144. The molecule has 0 spiro atoms. The fraction of sp³-hybridized carbons (Fsp3) is 0.692. The predicted octanol–water partition coefficient (Wildman–Crippen LogP) is 2.43. The molecule has 0 aromatic carbocycles. The van der Waals surface area contributed by atoms with Crippen LogP contribution < -0.4 is 10.6 Å². The van der Waals surface area contributed by atoms with Gasteiger partial charge in [-0.25, -0.2) is 9.97 Å². The summed E-state index contributed by atoms with van der Waals surface area (Å²) in [5.74, 6) is -0.779. The molecule has 0 saturated carbocycles. The second-order valence-corrected chi connectivity index (χ2v) is 5.04. The Bertz CT molecular complexity index is 458. The molecule has 8 heteroatoms. The van der Waals surface area contributed by atoms with Crippen molar-refractivity contribution in [2.75, 3.05) is 43.9 Å². The minimum absolute atomic E-state index is 0.152. The molecular weight excluding hydrogens is 283 g/mol. The van der Waals surface area contributed by atoms with Gasteiger partial charge in [0.1, 0.15) is 11.6 Å². The maximum Gasteiger partial charge on any atom is 0.451 e. The van der Waals surface area contributed by atoms with Gasteiger partial charge in [0.2, 0.25) is 5.82 Å². The van der Waals surface area contributed by atoms with E-state index in [0.717, 1.165) is 26.1 Å². The van der Waals surface area contributed by atoms with Crippen molar-refractivity contribution in [2.24, 2.45) is 0 Å². The molecule has 1 aromatic rings. The van der Waals surface area contributed by atoms with E-state index in [9.17, 15) is 13.2 Å². The molecule has 0 unspecified atom stereocenters. The standard InChI is InChI=1S/C13H20F3N5/c1-17-10-9-11(20-12(19-10)13(14,15)16)18-5-4-8-21-6-2-3-7-21/h9H,2-8H2,1H3,(H2,17,18,19,20). The van der Waals surface area contributed by atoms with E-state index in [1.165, 1.54) is 26.0 Å². The number of nitrogens with one attached hydrogen (secondary N) is 2. The van der Waals surface area contributed by atoms with Crippen LogP contribution in [0.15, 0.2) is 6.07 Å². The van der Waals surface area contributed by atoms with Gasteiger partial charge in [-0.2, -0.15) is 13.2 Å². The lowest BCUT2D eigenvalue weighted by Gasteiger charge is -2.15. The molecular formula is C13H20F3N5. The number of likely N-dealkylation sites (tertiary alicyclic amines) is 1. The van der Waals surface area contributed by atoms with E-state index in [1.807, 2.05) is 0 Å². The molecule has 2 rings (SSSR count). The minimum atomic E-state index is -4.54. The highest BCUT2D eigenvalue weighted by atomic mass is 19.4. The molecule has 2 heterocycles. The number of nitrogens with zero attached hydrogens (tertiary/aromatic N) is 3. The van der Waals surface area contributed by atoms with Crippen molar-refractivity contribution in [3.05, 3.63) is 11.9 Å². The quantitative estimate of drug-likeness (QED) is 0.791. The number of hydrogen-bond acceptors (Lipinski definition) is 5. The van der Waals surface area contributed by atoms with E-state index in [-0.39, 0.29) is 11.6 Å². The third-order valence-corrected chi connectivity index (χ3v) is 3.39. The van der Waals surface area contributed by atoms with Crippen LogP contribution in [0.1, 0.15) is 25.1 Å². The van der Waals surface area contributed by atoms with Crippen LogP contribution in [-0.2, 0) is 6.18 Å². The zero-order valence-corrected chi connectivity index (χ0v) is 12.0. The number of aromatic nitrogens is 2. The Morgan fingerprint density at radius 2 is 1.86 bits per heavy atom. The number of hydrogen-bond donors (Lipinski definition) is 2. The predicted molar refractivity (Wildman–Crippen MR) is 75.4 cm³/mol. The zero-order valence-electron chi connectivity index (χ0n) is 12.0. The van der Waals surface area contributed by atoms with Gasteiger partial charge in [-0.15, -0.1) is 0 Å². The summed E-state index contributed by atoms with van der Waals surface area (Å²) < 4.78 is 38.1. The highest BCUT2D eigenvalue weighted by Gasteiger charge is 2.35. The highest BCUT2D eigenvalue weighted by molar-refractivity contribution is 5.47. The van der Waals surface area contributed by atoms with E-state index in [0.29, 0.717) is 6.54 Å². The Morgan fingerprint density at radius 3 is 2.48 bits per heavy atom. The van der Waals surface area contributed by atoms with E-state index >= 15 is 0 Å². The first kappa shape index (κ1) is 15.8. The number of anilines is 2. The van der Waals surface area contributed by atoms with Crippen molar-refractivity contribution in [1.29, 1.82) is 0 Å². The summed E-state index contributed by atoms with van der Waals surface area (Å²) in [5, 5.41) is 5.55. The summed E-state index contributed by atoms with van der Waals surface area (Å²) in [6.45, 7) is 3.79. The molecule has 0 bridgehead atoms. The average Bonchev–Trinajstić information content (AvgIpc) is 2.95. The number of rotatable bonds is 6. The lowest BCUT2D eigenvalue weighted by atomic mass is 10.3. The Hall–Kier alpha value is -1.57. The summed E-state index contributed by atoms with van der Waals surface area (Å²) >= 11 is 0. The van der Waals surface area contributed by atoms with Crippen molar-refractivity contribution < 1.29 is 13.2 Å². The summed E-state index contributed by atoms with van der Waals surface area (Å²) in [6, 6.07) is 1.48. The van der Waals surface area contributed by atoms with Crippen molar-refractivity contribution >= 4 is 11.6 Å². The molecule has 21 heavy (non-hydrogen) atoms. The highest BCUT2D eigenvalue weighted by Crippen LogP contribution is 2.28. The van der Waals surface area contributed by atoms with Crippen LogP contribution >= 0.6 is 0 Å². The SMILES string of the molecule is CNc1cc(NCCCN2CCCC2)nc(C(F)(F)F)n1. The molecule has 0 aliphatic carbocycles. The Kier molecular flexibility index (Phi) is 5.22. The van der Waals surface area contributed by atoms with Gasteiger partial charge >= 0.3 is 6.18 Å². The fourth-order valence-electron chi connectivity index (χ4n) is 2.32. The van der Waals surface area contributed by atoms with Crippen molar-refractivity contribution in [3.63, 3.8) is 0 Å². The first-order chi connectivity index (χ1) is 9.99. The summed E-state index contributed by atoms with van der Waals surface area (Å²) in [7, 11) is 1.53. The monoisotopic (exact) mass is 303 g/mol. The Balaban J connectivity index is 1.89.